The number of nitrogens with one attached hydrogen (secondary N) is 1. The van der Waals surface area contributed by atoms with Crippen molar-refractivity contribution >= 4 is 15.9 Å². The van der Waals surface area contributed by atoms with Crippen LogP contribution >= 0.6 is 0 Å². The van der Waals surface area contributed by atoms with E-state index in [0.717, 1.165) is 11.0 Å². The summed E-state index contributed by atoms with van der Waals surface area (Å²) in [7, 11) is -3.85. The van der Waals surface area contributed by atoms with E-state index in [1.807, 2.05) is 18.7 Å². The van der Waals surface area contributed by atoms with Crippen molar-refractivity contribution in [1.29, 1.82) is 0 Å². The minimum atomic E-state index is -3.85. The fourth-order valence-electron chi connectivity index (χ4n) is 3.72. The van der Waals surface area contributed by atoms with Gasteiger partial charge in [-0.05, 0) is 26.0 Å². The zero-order valence-electron chi connectivity index (χ0n) is 15.7. The molecule has 0 aliphatic carbocycles. The van der Waals surface area contributed by atoms with Gasteiger partial charge in [0.2, 0.25) is 10.0 Å². The number of quaternary nitrogens is 1. The number of hydrogen-bond acceptors (Lipinski definition) is 4. The number of nitrogens with zero attached hydrogens (tertiary/aromatic N) is 2. The molecule has 9 heteroatoms. The highest BCUT2D eigenvalue weighted by molar-refractivity contribution is 7.89. The third-order valence-corrected chi connectivity index (χ3v) is 6.99. The maximum atomic E-state index is 13.9. The predicted octanol–water partition coefficient (Wildman–Crippen LogP) is -0.649. The Hall–Kier alpha value is -1.55. The third kappa shape index (κ3) is 4.66. The highest BCUT2D eigenvalue weighted by Gasteiger charge is 2.34. The monoisotopic (exact) mass is 400 g/mol. The van der Waals surface area contributed by atoms with Crippen LogP contribution in [0.15, 0.2) is 29.2 Å². The van der Waals surface area contributed by atoms with Gasteiger partial charge in [0.15, 0.2) is 6.54 Å². The summed E-state index contributed by atoms with van der Waals surface area (Å²) in [6, 6.07) is 5.42. The third-order valence-electron chi connectivity index (χ3n) is 5.06. The van der Waals surface area contributed by atoms with E-state index < -0.39 is 15.8 Å². The molecule has 2 aliphatic heterocycles. The van der Waals surface area contributed by atoms with Gasteiger partial charge in [-0.15, -0.1) is 0 Å². The van der Waals surface area contributed by atoms with Crippen molar-refractivity contribution in [1.82, 2.24) is 9.21 Å². The van der Waals surface area contributed by atoms with Crippen LogP contribution in [-0.4, -0.2) is 81.6 Å². The number of amides is 1. The minimum absolute atomic E-state index is 0.0236. The van der Waals surface area contributed by atoms with Crippen molar-refractivity contribution < 1.29 is 27.2 Å². The van der Waals surface area contributed by atoms with Crippen LogP contribution in [0.1, 0.15) is 13.8 Å². The van der Waals surface area contributed by atoms with Crippen molar-refractivity contribution in [3.05, 3.63) is 30.1 Å². The Balaban J connectivity index is 1.56. The molecule has 0 saturated carbocycles. The van der Waals surface area contributed by atoms with Crippen molar-refractivity contribution in [3.63, 3.8) is 0 Å². The maximum absolute atomic E-state index is 13.9. The van der Waals surface area contributed by atoms with Gasteiger partial charge in [-0.3, -0.25) is 4.79 Å². The molecule has 1 N–H and O–H groups in total. The van der Waals surface area contributed by atoms with Gasteiger partial charge >= 0.3 is 0 Å². The first-order valence-corrected chi connectivity index (χ1v) is 10.7. The molecule has 2 saturated heterocycles. The van der Waals surface area contributed by atoms with Crippen LogP contribution in [0.3, 0.4) is 0 Å². The summed E-state index contributed by atoms with van der Waals surface area (Å²) in [6.45, 7) is 7.01. The van der Waals surface area contributed by atoms with Gasteiger partial charge in [-0.25, -0.2) is 12.8 Å². The molecule has 2 heterocycles. The SMILES string of the molecule is C[C@@H]1CN(C(=O)C[NH+]2CCN(S(=O)(=O)c3ccccc3F)CC2)C[C@@H](C)O1. The summed E-state index contributed by atoms with van der Waals surface area (Å²) < 4.78 is 46.1. The van der Waals surface area contributed by atoms with E-state index in [1.165, 1.54) is 22.5 Å². The van der Waals surface area contributed by atoms with Crippen LogP contribution in [0.5, 0.6) is 0 Å². The average molecular weight is 400 g/mol. The second-order valence-electron chi connectivity index (χ2n) is 7.32. The van der Waals surface area contributed by atoms with Crippen LogP contribution < -0.4 is 4.90 Å². The predicted molar refractivity (Wildman–Crippen MR) is 97.3 cm³/mol. The number of sulfonamides is 1. The Kier molecular flexibility index (Phi) is 6.15. The summed E-state index contributed by atoms with van der Waals surface area (Å²) in [6.07, 6.45) is 0.0471. The molecular formula is C18H27FN3O4S+. The second-order valence-corrected chi connectivity index (χ2v) is 9.22. The molecule has 0 spiro atoms. The highest BCUT2D eigenvalue weighted by atomic mass is 32.2. The smallest absolute Gasteiger partial charge is 0.277 e. The maximum Gasteiger partial charge on any atom is 0.277 e. The summed E-state index contributed by atoms with van der Waals surface area (Å²) >= 11 is 0. The lowest BCUT2D eigenvalue weighted by atomic mass is 10.2. The molecule has 2 atom stereocenters. The number of carbonyl (C=O) groups is 1. The molecule has 1 amide bonds. The zero-order chi connectivity index (χ0) is 19.6. The van der Waals surface area contributed by atoms with E-state index in [2.05, 4.69) is 0 Å². The van der Waals surface area contributed by atoms with Crippen molar-refractivity contribution in [2.45, 2.75) is 31.0 Å². The molecule has 0 unspecified atom stereocenters. The molecule has 0 radical (unpaired) electrons. The Bertz CT molecular complexity index is 771. The number of hydrogen-bond donors (Lipinski definition) is 1. The van der Waals surface area contributed by atoms with Gasteiger partial charge in [-0.2, -0.15) is 4.31 Å². The van der Waals surface area contributed by atoms with E-state index in [0.29, 0.717) is 32.7 Å². The first kappa shape index (κ1) is 20.2. The molecule has 7 nitrogen and oxygen atoms in total. The molecule has 0 aromatic heterocycles. The number of rotatable bonds is 4. The average Bonchev–Trinajstić information content (AvgIpc) is 2.61. The van der Waals surface area contributed by atoms with E-state index in [1.54, 1.807) is 0 Å². The van der Waals surface area contributed by atoms with Gasteiger partial charge < -0.3 is 14.5 Å². The van der Waals surface area contributed by atoms with Crippen molar-refractivity contribution in [2.75, 3.05) is 45.8 Å². The van der Waals surface area contributed by atoms with Crippen LogP contribution in [0, 0.1) is 5.82 Å². The Morgan fingerprint density at radius 2 is 1.78 bits per heavy atom. The Morgan fingerprint density at radius 1 is 1.19 bits per heavy atom. The molecular weight excluding hydrogens is 373 g/mol. The van der Waals surface area contributed by atoms with E-state index in [4.69, 9.17) is 4.74 Å². The van der Waals surface area contributed by atoms with Gasteiger partial charge in [-0.1, -0.05) is 12.1 Å². The van der Waals surface area contributed by atoms with Crippen LogP contribution in [0.2, 0.25) is 0 Å². The molecule has 2 fully saturated rings. The van der Waals surface area contributed by atoms with Gasteiger partial charge in [0.05, 0.1) is 38.4 Å². The summed E-state index contributed by atoms with van der Waals surface area (Å²) in [5, 5.41) is 0. The first-order chi connectivity index (χ1) is 12.8. The number of halogens is 1. The van der Waals surface area contributed by atoms with E-state index in [-0.39, 0.29) is 36.1 Å². The van der Waals surface area contributed by atoms with E-state index >= 15 is 0 Å². The molecule has 3 rings (SSSR count). The largest absolute Gasteiger partial charge is 0.372 e. The fourth-order valence-corrected chi connectivity index (χ4v) is 5.23. The van der Waals surface area contributed by atoms with E-state index in [9.17, 15) is 17.6 Å². The molecule has 2 aliphatic rings. The minimum Gasteiger partial charge on any atom is -0.372 e. The lowest BCUT2D eigenvalue weighted by Gasteiger charge is -2.37. The fraction of sp³-hybridized carbons (Fsp3) is 0.611. The molecule has 1 aromatic carbocycles. The summed E-state index contributed by atoms with van der Waals surface area (Å²) in [5.74, 6) is -0.671. The lowest BCUT2D eigenvalue weighted by Crippen LogP contribution is -3.15. The summed E-state index contributed by atoms with van der Waals surface area (Å²) in [5.41, 5.74) is 0. The quantitative estimate of drug-likeness (QED) is 0.729. The van der Waals surface area contributed by atoms with Crippen molar-refractivity contribution in [3.8, 4) is 0 Å². The number of piperazine rings is 1. The van der Waals surface area contributed by atoms with Crippen LogP contribution in [-0.2, 0) is 19.6 Å². The molecule has 27 heavy (non-hydrogen) atoms. The zero-order valence-corrected chi connectivity index (χ0v) is 16.5. The molecule has 1 aromatic rings. The van der Waals surface area contributed by atoms with Crippen LogP contribution in [0.4, 0.5) is 4.39 Å². The molecule has 150 valence electrons. The second kappa shape index (κ2) is 8.22. The number of carbonyl (C=O) groups excluding carboxylic acids is 1. The number of benzene rings is 1. The number of ether oxygens (including phenoxy) is 1. The lowest BCUT2D eigenvalue weighted by molar-refractivity contribution is -0.896. The first-order valence-electron chi connectivity index (χ1n) is 9.29. The Morgan fingerprint density at radius 3 is 2.37 bits per heavy atom. The molecule has 0 bridgehead atoms. The van der Waals surface area contributed by atoms with Gasteiger partial charge in [0.25, 0.3) is 5.91 Å². The van der Waals surface area contributed by atoms with Crippen LogP contribution in [0.25, 0.3) is 0 Å². The van der Waals surface area contributed by atoms with Gasteiger partial charge in [0, 0.05) is 13.1 Å². The summed E-state index contributed by atoms with van der Waals surface area (Å²) in [4.78, 5) is 15.2. The Labute approximate surface area is 159 Å². The standard InChI is InChI=1S/C18H26FN3O4S/c1-14-11-21(12-15(2)26-14)18(23)13-20-7-9-22(10-8-20)27(24,25)17-6-4-3-5-16(17)19/h3-6,14-15H,7-13H2,1-2H3/p+1/t14-,15-/m1/s1. The highest BCUT2D eigenvalue weighted by Crippen LogP contribution is 2.18. The van der Waals surface area contributed by atoms with Crippen molar-refractivity contribution in [2.24, 2.45) is 0 Å². The topological polar surface area (TPSA) is 71.4 Å². The van der Waals surface area contributed by atoms with Gasteiger partial charge in [0.1, 0.15) is 10.7 Å². The normalized spacial score (nSPS) is 25.5. The number of morpholine rings is 1.